The molecule has 29 heavy (non-hydrogen) atoms. The number of benzene rings is 2. The van der Waals surface area contributed by atoms with Crippen molar-refractivity contribution in [1.29, 1.82) is 0 Å². The zero-order valence-corrected chi connectivity index (χ0v) is 16.3. The molecular formula is C22H22FN5O. The molecule has 2 heterocycles. The van der Waals surface area contributed by atoms with E-state index < -0.39 is 0 Å². The van der Waals surface area contributed by atoms with Crippen molar-refractivity contribution < 1.29 is 9.18 Å². The van der Waals surface area contributed by atoms with Crippen molar-refractivity contribution in [2.45, 2.75) is 32.9 Å². The molecule has 0 fully saturated rings. The number of aryl methyl sites for hydroxylation is 1. The Morgan fingerprint density at radius 2 is 2.03 bits per heavy atom. The van der Waals surface area contributed by atoms with E-state index in [0.717, 1.165) is 22.3 Å². The van der Waals surface area contributed by atoms with Crippen molar-refractivity contribution in [2.75, 3.05) is 0 Å². The largest absolute Gasteiger partial charge is 0.349 e. The summed E-state index contributed by atoms with van der Waals surface area (Å²) in [6.07, 6.45) is 3.82. The molecule has 4 rings (SSSR count). The number of nitrogens with one attached hydrogen (secondary N) is 1. The first kappa shape index (κ1) is 18.9. The summed E-state index contributed by atoms with van der Waals surface area (Å²) in [5.41, 5.74) is 4.35. The van der Waals surface area contributed by atoms with E-state index >= 15 is 0 Å². The number of rotatable bonds is 6. The van der Waals surface area contributed by atoms with Gasteiger partial charge in [0, 0.05) is 24.2 Å². The van der Waals surface area contributed by atoms with Gasteiger partial charge in [-0.05, 0) is 44.2 Å². The number of aromatic nitrogens is 4. The first-order chi connectivity index (χ1) is 14.0. The maximum Gasteiger partial charge on any atom is 0.222 e. The summed E-state index contributed by atoms with van der Waals surface area (Å²) in [7, 11) is 0. The Morgan fingerprint density at radius 3 is 2.86 bits per heavy atom. The van der Waals surface area contributed by atoms with Crippen molar-refractivity contribution in [1.82, 2.24) is 24.6 Å². The second kappa shape index (κ2) is 7.87. The average molecular weight is 391 g/mol. The minimum atomic E-state index is -0.313. The van der Waals surface area contributed by atoms with Gasteiger partial charge in [0.2, 0.25) is 5.91 Å². The van der Waals surface area contributed by atoms with Gasteiger partial charge in [-0.1, -0.05) is 18.2 Å². The zero-order valence-electron chi connectivity index (χ0n) is 16.3. The molecule has 0 aliphatic rings. The Balaban J connectivity index is 1.41. The molecule has 0 saturated carbocycles. The van der Waals surface area contributed by atoms with Crippen molar-refractivity contribution >= 4 is 16.9 Å². The standard InChI is InChI=1S/C22H22FN5O/c1-15(19-13-25-28(16(19)2)18-7-5-6-17(23)12-18)26-22(29)10-11-27-14-24-20-8-3-4-9-21(20)27/h3-9,12-15H,10-11H2,1-2H3,(H,26,29). The third-order valence-electron chi connectivity index (χ3n) is 5.05. The molecule has 0 radical (unpaired) electrons. The summed E-state index contributed by atoms with van der Waals surface area (Å²) < 4.78 is 17.2. The van der Waals surface area contributed by atoms with Crippen LogP contribution in [-0.4, -0.2) is 25.2 Å². The van der Waals surface area contributed by atoms with Gasteiger partial charge in [0.05, 0.1) is 35.3 Å². The van der Waals surface area contributed by atoms with E-state index in [4.69, 9.17) is 0 Å². The van der Waals surface area contributed by atoms with E-state index in [1.54, 1.807) is 29.3 Å². The lowest BCUT2D eigenvalue weighted by Crippen LogP contribution is -2.27. The molecule has 6 nitrogen and oxygen atoms in total. The molecule has 0 saturated heterocycles. The van der Waals surface area contributed by atoms with Gasteiger partial charge < -0.3 is 9.88 Å². The lowest BCUT2D eigenvalue weighted by atomic mass is 10.1. The van der Waals surface area contributed by atoms with E-state index in [1.165, 1.54) is 12.1 Å². The number of nitrogens with zero attached hydrogens (tertiary/aromatic N) is 4. The van der Waals surface area contributed by atoms with Crippen molar-refractivity contribution in [3.63, 3.8) is 0 Å². The highest BCUT2D eigenvalue weighted by atomic mass is 19.1. The highest BCUT2D eigenvalue weighted by molar-refractivity contribution is 5.77. The molecule has 7 heteroatoms. The van der Waals surface area contributed by atoms with Crippen LogP contribution in [-0.2, 0) is 11.3 Å². The molecule has 1 atom stereocenters. The Hall–Kier alpha value is -3.48. The lowest BCUT2D eigenvalue weighted by molar-refractivity contribution is -0.121. The van der Waals surface area contributed by atoms with Crippen LogP contribution in [0.5, 0.6) is 0 Å². The van der Waals surface area contributed by atoms with E-state index in [0.29, 0.717) is 18.7 Å². The quantitative estimate of drug-likeness (QED) is 0.542. The third kappa shape index (κ3) is 3.89. The minimum Gasteiger partial charge on any atom is -0.349 e. The zero-order chi connectivity index (χ0) is 20.4. The Bertz CT molecular complexity index is 1160. The predicted octanol–water partition coefficient (Wildman–Crippen LogP) is 3.94. The summed E-state index contributed by atoms with van der Waals surface area (Å²) in [6, 6.07) is 13.9. The van der Waals surface area contributed by atoms with Crippen molar-refractivity contribution in [3.8, 4) is 5.69 Å². The first-order valence-electron chi connectivity index (χ1n) is 9.52. The fourth-order valence-corrected chi connectivity index (χ4v) is 3.52. The number of para-hydroxylation sites is 2. The molecule has 0 bridgehead atoms. The van der Waals surface area contributed by atoms with Gasteiger partial charge in [-0.3, -0.25) is 4.79 Å². The summed E-state index contributed by atoms with van der Waals surface area (Å²) in [6.45, 7) is 4.39. The molecule has 148 valence electrons. The van der Waals surface area contributed by atoms with Gasteiger partial charge in [0.15, 0.2) is 0 Å². The maximum atomic E-state index is 13.5. The number of hydrogen-bond acceptors (Lipinski definition) is 3. The Labute approximate surface area is 168 Å². The van der Waals surface area contributed by atoms with Gasteiger partial charge in [0.1, 0.15) is 5.82 Å². The molecule has 0 spiro atoms. The third-order valence-corrected chi connectivity index (χ3v) is 5.05. The second-order valence-corrected chi connectivity index (χ2v) is 7.04. The predicted molar refractivity (Wildman–Crippen MR) is 109 cm³/mol. The Morgan fingerprint density at radius 1 is 1.21 bits per heavy atom. The number of carbonyl (C=O) groups excluding carboxylic acids is 1. The van der Waals surface area contributed by atoms with Crippen LogP contribution in [0.1, 0.15) is 30.6 Å². The fraction of sp³-hybridized carbons (Fsp3) is 0.227. The molecule has 1 N–H and O–H groups in total. The van der Waals surface area contributed by atoms with Gasteiger partial charge in [0.25, 0.3) is 0 Å². The molecule has 0 aliphatic heterocycles. The molecule has 1 amide bonds. The number of fused-ring (bicyclic) bond motifs is 1. The number of halogens is 1. The lowest BCUT2D eigenvalue weighted by Gasteiger charge is -2.14. The summed E-state index contributed by atoms with van der Waals surface area (Å²) in [5, 5.41) is 7.39. The van der Waals surface area contributed by atoms with Gasteiger partial charge in [-0.25, -0.2) is 14.1 Å². The fourth-order valence-electron chi connectivity index (χ4n) is 3.52. The molecule has 0 aliphatic carbocycles. The SMILES string of the molecule is Cc1c(C(C)NC(=O)CCn2cnc3ccccc32)cnn1-c1cccc(F)c1. The maximum absolute atomic E-state index is 13.5. The van der Waals surface area contributed by atoms with E-state index in [9.17, 15) is 9.18 Å². The van der Waals surface area contributed by atoms with E-state index in [2.05, 4.69) is 15.4 Å². The van der Waals surface area contributed by atoms with Crippen LogP contribution < -0.4 is 5.32 Å². The number of amides is 1. The van der Waals surface area contributed by atoms with Crippen LogP contribution >= 0.6 is 0 Å². The average Bonchev–Trinajstić information content (AvgIpc) is 3.30. The summed E-state index contributed by atoms with van der Waals surface area (Å²) in [4.78, 5) is 16.8. The normalized spacial score (nSPS) is 12.2. The van der Waals surface area contributed by atoms with Gasteiger partial charge in [-0.15, -0.1) is 0 Å². The number of carbonyl (C=O) groups is 1. The summed E-state index contributed by atoms with van der Waals surface area (Å²) in [5.74, 6) is -0.361. The van der Waals surface area contributed by atoms with Gasteiger partial charge in [-0.2, -0.15) is 5.10 Å². The van der Waals surface area contributed by atoms with Crippen LogP contribution in [0.3, 0.4) is 0 Å². The smallest absolute Gasteiger partial charge is 0.222 e. The number of hydrogen-bond donors (Lipinski definition) is 1. The molecule has 4 aromatic rings. The molecule has 2 aromatic carbocycles. The van der Waals surface area contributed by atoms with Gasteiger partial charge >= 0.3 is 0 Å². The molecule has 1 unspecified atom stereocenters. The first-order valence-corrected chi connectivity index (χ1v) is 9.52. The number of imidazole rings is 1. The topological polar surface area (TPSA) is 64.7 Å². The van der Waals surface area contributed by atoms with Crippen molar-refractivity contribution in [3.05, 3.63) is 78.1 Å². The molecule has 2 aromatic heterocycles. The second-order valence-electron chi connectivity index (χ2n) is 7.04. The van der Waals surface area contributed by atoms with Crippen molar-refractivity contribution in [2.24, 2.45) is 0 Å². The van der Waals surface area contributed by atoms with E-state index in [-0.39, 0.29) is 17.8 Å². The highest BCUT2D eigenvalue weighted by Crippen LogP contribution is 2.21. The van der Waals surface area contributed by atoms with Crippen LogP contribution in [0.4, 0.5) is 4.39 Å². The summed E-state index contributed by atoms with van der Waals surface area (Å²) >= 11 is 0. The highest BCUT2D eigenvalue weighted by Gasteiger charge is 2.16. The molecular weight excluding hydrogens is 369 g/mol. The van der Waals surface area contributed by atoms with E-state index in [1.807, 2.05) is 42.7 Å². The van der Waals surface area contributed by atoms with Crippen LogP contribution in [0.15, 0.2) is 61.1 Å². The van der Waals surface area contributed by atoms with Crippen LogP contribution in [0.25, 0.3) is 16.7 Å². The minimum absolute atomic E-state index is 0.0480. The monoisotopic (exact) mass is 391 g/mol. The Kier molecular flexibility index (Phi) is 5.12. The van der Waals surface area contributed by atoms with Crippen LogP contribution in [0, 0.1) is 12.7 Å². The van der Waals surface area contributed by atoms with Crippen LogP contribution in [0.2, 0.25) is 0 Å².